The minimum Gasteiger partial charge on any atom is -0.486 e. The Bertz CT molecular complexity index is 1300. The van der Waals surface area contributed by atoms with Crippen molar-refractivity contribution >= 4 is 28.3 Å². The van der Waals surface area contributed by atoms with Crippen molar-refractivity contribution in [2.45, 2.75) is 6.92 Å². The summed E-state index contributed by atoms with van der Waals surface area (Å²) in [6.45, 7) is 2.85. The van der Waals surface area contributed by atoms with Crippen molar-refractivity contribution in [2.24, 2.45) is 0 Å². The average Bonchev–Trinajstić information content (AvgIpc) is 3.17. The molecule has 6 nitrogen and oxygen atoms in total. The van der Waals surface area contributed by atoms with Gasteiger partial charge in [-0.2, -0.15) is 0 Å². The van der Waals surface area contributed by atoms with Gasteiger partial charge in [0.25, 0.3) is 5.91 Å². The van der Waals surface area contributed by atoms with E-state index in [1.54, 1.807) is 36.4 Å². The number of furan rings is 1. The Morgan fingerprint density at radius 3 is 2.35 bits per heavy atom. The van der Waals surface area contributed by atoms with Crippen LogP contribution < -0.4 is 14.8 Å². The smallest absolute Gasteiger partial charge is 0.255 e. The molecule has 31 heavy (non-hydrogen) atoms. The Morgan fingerprint density at radius 1 is 0.839 bits per heavy atom. The van der Waals surface area contributed by atoms with Gasteiger partial charge in [-0.25, -0.2) is 0 Å². The number of para-hydroxylation sites is 1. The summed E-state index contributed by atoms with van der Waals surface area (Å²) in [6.07, 6.45) is 0. The molecule has 2 heterocycles. The molecule has 154 valence electrons. The molecule has 0 fully saturated rings. The molecule has 0 bridgehead atoms. The van der Waals surface area contributed by atoms with E-state index in [-0.39, 0.29) is 17.5 Å². The molecule has 0 spiro atoms. The topological polar surface area (TPSA) is 77.8 Å². The van der Waals surface area contributed by atoms with Gasteiger partial charge in [0, 0.05) is 16.5 Å². The highest BCUT2D eigenvalue weighted by Gasteiger charge is 2.25. The standard InChI is InChI=1S/C25H19NO5/c1-15-6-8-16(9-7-15)25(28)26-22-18-4-2-3-5-19(18)31-24(22)23(27)17-10-11-20-21(14-17)30-13-12-29-20/h2-11,14H,12-13H2,1H3,(H,26,28). The molecule has 0 radical (unpaired) electrons. The van der Waals surface area contributed by atoms with Crippen LogP contribution in [0.1, 0.15) is 32.0 Å². The second-order valence-corrected chi connectivity index (χ2v) is 7.31. The fourth-order valence-electron chi connectivity index (χ4n) is 3.54. The number of rotatable bonds is 4. The minimum atomic E-state index is -0.354. The zero-order valence-corrected chi connectivity index (χ0v) is 16.8. The molecule has 1 aromatic heterocycles. The lowest BCUT2D eigenvalue weighted by atomic mass is 10.1. The van der Waals surface area contributed by atoms with Crippen molar-refractivity contribution in [3.05, 3.63) is 89.2 Å². The molecule has 1 aliphatic rings. The normalized spacial score (nSPS) is 12.5. The van der Waals surface area contributed by atoms with E-state index in [4.69, 9.17) is 13.9 Å². The van der Waals surface area contributed by atoms with Crippen molar-refractivity contribution in [1.29, 1.82) is 0 Å². The average molecular weight is 413 g/mol. The Labute approximate surface area is 178 Å². The number of amides is 1. The number of hydrogen-bond acceptors (Lipinski definition) is 5. The van der Waals surface area contributed by atoms with Crippen molar-refractivity contribution < 1.29 is 23.5 Å². The molecule has 6 heteroatoms. The maximum Gasteiger partial charge on any atom is 0.255 e. The van der Waals surface area contributed by atoms with Crippen LogP contribution in [0, 0.1) is 6.92 Å². The number of aryl methyl sites for hydroxylation is 1. The maximum absolute atomic E-state index is 13.3. The van der Waals surface area contributed by atoms with Crippen LogP contribution in [0.5, 0.6) is 11.5 Å². The zero-order chi connectivity index (χ0) is 21.4. The van der Waals surface area contributed by atoms with Crippen LogP contribution in [0.15, 0.2) is 71.1 Å². The van der Waals surface area contributed by atoms with Gasteiger partial charge in [-0.3, -0.25) is 9.59 Å². The van der Waals surface area contributed by atoms with E-state index in [0.29, 0.717) is 52.5 Å². The molecule has 1 N–H and O–H groups in total. The lowest BCUT2D eigenvalue weighted by Gasteiger charge is -2.18. The number of nitrogens with one attached hydrogen (secondary N) is 1. The Morgan fingerprint density at radius 2 is 1.55 bits per heavy atom. The van der Waals surface area contributed by atoms with E-state index >= 15 is 0 Å². The Kier molecular flexibility index (Phi) is 4.67. The molecule has 1 amide bonds. The van der Waals surface area contributed by atoms with Gasteiger partial charge in [0.15, 0.2) is 17.3 Å². The predicted octanol–water partition coefficient (Wildman–Crippen LogP) is 5.00. The van der Waals surface area contributed by atoms with Gasteiger partial charge in [0.2, 0.25) is 5.78 Å². The zero-order valence-electron chi connectivity index (χ0n) is 16.8. The second-order valence-electron chi connectivity index (χ2n) is 7.31. The first-order valence-corrected chi connectivity index (χ1v) is 9.94. The summed E-state index contributed by atoms with van der Waals surface area (Å²) in [5.41, 5.74) is 2.80. The first kappa shape index (κ1) is 18.9. The van der Waals surface area contributed by atoms with E-state index in [1.807, 2.05) is 37.3 Å². The predicted molar refractivity (Wildman–Crippen MR) is 116 cm³/mol. The summed E-state index contributed by atoms with van der Waals surface area (Å²) >= 11 is 0. The quantitative estimate of drug-likeness (QED) is 0.477. The van der Waals surface area contributed by atoms with Crippen LogP contribution in [0.2, 0.25) is 0 Å². The van der Waals surface area contributed by atoms with Crippen molar-refractivity contribution in [2.75, 3.05) is 18.5 Å². The Balaban J connectivity index is 1.55. The summed E-state index contributed by atoms with van der Waals surface area (Å²) in [6, 6.07) is 19.4. The third-order valence-electron chi connectivity index (χ3n) is 5.16. The summed E-state index contributed by atoms with van der Waals surface area (Å²) in [5, 5.41) is 3.53. The van der Waals surface area contributed by atoms with E-state index in [1.165, 1.54) is 0 Å². The molecular formula is C25H19NO5. The van der Waals surface area contributed by atoms with E-state index in [0.717, 1.165) is 5.56 Å². The van der Waals surface area contributed by atoms with Crippen LogP contribution in [-0.4, -0.2) is 24.9 Å². The number of fused-ring (bicyclic) bond motifs is 2. The van der Waals surface area contributed by atoms with Crippen LogP contribution in [0.25, 0.3) is 11.0 Å². The molecule has 0 saturated heterocycles. The van der Waals surface area contributed by atoms with E-state index in [9.17, 15) is 9.59 Å². The van der Waals surface area contributed by atoms with Gasteiger partial charge in [0.05, 0.1) is 5.69 Å². The maximum atomic E-state index is 13.3. The van der Waals surface area contributed by atoms with Crippen LogP contribution in [0.3, 0.4) is 0 Å². The number of benzene rings is 3. The molecule has 0 atom stereocenters. The SMILES string of the molecule is Cc1ccc(C(=O)Nc2c(C(=O)c3ccc4c(c3)OCCO4)oc3ccccc23)cc1. The lowest BCUT2D eigenvalue weighted by molar-refractivity contribution is 0.101. The van der Waals surface area contributed by atoms with Crippen molar-refractivity contribution in [1.82, 2.24) is 0 Å². The Hall–Kier alpha value is -4.06. The first-order valence-electron chi connectivity index (χ1n) is 9.94. The number of anilines is 1. The van der Waals surface area contributed by atoms with Gasteiger partial charge in [0.1, 0.15) is 18.8 Å². The van der Waals surface area contributed by atoms with E-state index in [2.05, 4.69) is 5.32 Å². The molecule has 3 aromatic carbocycles. The molecule has 0 aliphatic carbocycles. The highest BCUT2D eigenvalue weighted by Crippen LogP contribution is 2.35. The largest absolute Gasteiger partial charge is 0.486 e. The number of carbonyl (C=O) groups is 2. The van der Waals surface area contributed by atoms with Gasteiger partial charge >= 0.3 is 0 Å². The molecule has 1 aliphatic heterocycles. The van der Waals surface area contributed by atoms with Crippen LogP contribution in [-0.2, 0) is 0 Å². The number of carbonyl (C=O) groups excluding carboxylic acids is 2. The molecule has 0 saturated carbocycles. The van der Waals surface area contributed by atoms with Gasteiger partial charge in [-0.1, -0.05) is 29.8 Å². The highest BCUT2D eigenvalue weighted by atomic mass is 16.6. The molecule has 0 unspecified atom stereocenters. The fraction of sp³-hybridized carbons (Fsp3) is 0.120. The molecular weight excluding hydrogens is 394 g/mol. The van der Waals surface area contributed by atoms with Crippen molar-refractivity contribution in [3.63, 3.8) is 0 Å². The first-order chi connectivity index (χ1) is 15.1. The number of ether oxygens (including phenoxy) is 2. The number of hydrogen-bond donors (Lipinski definition) is 1. The summed E-state index contributed by atoms with van der Waals surface area (Å²) in [7, 11) is 0. The lowest BCUT2D eigenvalue weighted by Crippen LogP contribution is -2.16. The third-order valence-corrected chi connectivity index (χ3v) is 5.16. The molecule has 4 aromatic rings. The summed E-state index contributed by atoms with van der Waals surface area (Å²) in [5.74, 6) is 0.507. The number of ketones is 1. The highest BCUT2D eigenvalue weighted by molar-refractivity contribution is 6.19. The van der Waals surface area contributed by atoms with E-state index < -0.39 is 0 Å². The van der Waals surface area contributed by atoms with Crippen molar-refractivity contribution in [3.8, 4) is 11.5 Å². The van der Waals surface area contributed by atoms with Gasteiger partial charge in [-0.05, 0) is 49.4 Å². The van der Waals surface area contributed by atoms with Crippen LogP contribution >= 0.6 is 0 Å². The minimum absolute atomic E-state index is 0.0679. The van der Waals surface area contributed by atoms with Gasteiger partial charge in [-0.15, -0.1) is 0 Å². The van der Waals surface area contributed by atoms with Crippen LogP contribution in [0.4, 0.5) is 5.69 Å². The molecule has 5 rings (SSSR count). The monoisotopic (exact) mass is 413 g/mol. The summed E-state index contributed by atoms with van der Waals surface area (Å²) < 4.78 is 17.0. The summed E-state index contributed by atoms with van der Waals surface area (Å²) in [4.78, 5) is 26.2. The third kappa shape index (κ3) is 3.53. The van der Waals surface area contributed by atoms with Gasteiger partial charge < -0.3 is 19.2 Å². The second kappa shape index (κ2) is 7.65. The fourth-order valence-corrected chi connectivity index (χ4v) is 3.54.